The average Bonchev–Trinajstić information content (AvgIpc) is 3.23. The van der Waals surface area contributed by atoms with Gasteiger partial charge in [-0.3, -0.25) is 9.36 Å². The van der Waals surface area contributed by atoms with Crippen LogP contribution in [0.4, 0.5) is 0 Å². The molecule has 146 valence electrons. The molecular formula is C22H19N3O2S2. The van der Waals surface area contributed by atoms with Crippen molar-refractivity contribution in [3.8, 4) is 10.6 Å². The van der Waals surface area contributed by atoms with E-state index in [4.69, 9.17) is 0 Å². The minimum absolute atomic E-state index is 0.257. The molecule has 0 spiro atoms. The minimum Gasteiger partial charge on any atom is -0.301 e. The molecule has 0 saturated heterocycles. The maximum absolute atomic E-state index is 12.7. The second-order valence-electron chi connectivity index (χ2n) is 6.56. The Balaban J connectivity index is 1.52. The fraction of sp³-hybridized carbons (Fsp3) is 0.136. The number of nitrogens with one attached hydrogen (secondary N) is 1. The molecule has 2 aromatic carbocycles. The first-order valence-electron chi connectivity index (χ1n) is 9.12. The van der Waals surface area contributed by atoms with E-state index in [1.54, 1.807) is 18.3 Å². The van der Waals surface area contributed by atoms with Crippen molar-refractivity contribution >= 4 is 23.1 Å². The van der Waals surface area contributed by atoms with Crippen molar-refractivity contribution in [1.82, 2.24) is 14.5 Å². The van der Waals surface area contributed by atoms with Crippen molar-refractivity contribution in [3.05, 3.63) is 104 Å². The Bertz CT molecular complexity index is 1230. The lowest BCUT2D eigenvalue weighted by Gasteiger charge is -2.09. The number of aromatic amines is 1. The van der Waals surface area contributed by atoms with Crippen molar-refractivity contribution < 1.29 is 0 Å². The van der Waals surface area contributed by atoms with E-state index in [9.17, 15) is 9.59 Å². The second kappa shape index (κ2) is 8.63. The van der Waals surface area contributed by atoms with Crippen molar-refractivity contribution in [2.75, 3.05) is 0 Å². The molecule has 1 N–H and O–H groups in total. The zero-order valence-electron chi connectivity index (χ0n) is 15.8. The van der Waals surface area contributed by atoms with Gasteiger partial charge in [0.1, 0.15) is 5.01 Å². The number of hydrogen-bond donors (Lipinski definition) is 1. The molecule has 0 unspecified atom stereocenters. The Morgan fingerprint density at radius 3 is 2.45 bits per heavy atom. The number of hydrogen-bond acceptors (Lipinski definition) is 5. The Kier molecular flexibility index (Phi) is 5.78. The molecule has 0 fully saturated rings. The maximum atomic E-state index is 12.7. The van der Waals surface area contributed by atoms with Gasteiger partial charge in [0.2, 0.25) is 0 Å². The zero-order chi connectivity index (χ0) is 20.2. The largest absolute Gasteiger partial charge is 0.329 e. The highest BCUT2D eigenvalue weighted by Gasteiger charge is 2.12. The lowest BCUT2D eigenvalue weighted by atomic mass is 10.2. The summed E-state index contributed by atoms with van der Waals surface area (Å²) in [5.74, 6) is 0.586. The van der Waals surface area contributed by atoms with Gasteiger partial charge in [0.15, 0.2) is 0 Å². The summed E-state index contributed by atoms with van der Waals surface area (Å²) >= 11 is 3.02. The van der Waals surface area contributed by atoms with E-state index in [1.165, 1.54) is 16.3 Å². The highest BCUT2D eigenvalue weighted by atomic mass is 32.2. The Labute approximate surface area is 176 Å². The van der Waals surface area contributed by atoms with Crippen molar-refractivity contribution in [3.63, 3.8) is 0 Å². The molecule has 0 radical (unpaired) electrons. The number of thiazole rings is 1. The van der Waals surface area contributed by atoms with Crippen LogP contribution in [-0.4, -0.2) is 14.5 Å². The van der Waals surface area contributed by atoms with Crippen LogP contribution in [0.15, 0.2) is 80.7 Å². The van der Waals surface area contributed by atoms with Crippen LogP contribution in [0, 0.1) is 6.92 Å². The van der Waals surface area contributed by atoms with Crippen molar-refractivity contribution in [2.45, 2.75) is 24.2 Å². The van der Waals surface area contributed by atoms with Crippen molar-refractivity contribution in [2.24, 2.45) is 0 Å². The van der Waals surface area contributed by atoms with Gasteiger partial charge in [-0.1, -0.05) is 60.7 Å². The molecule has 0 amide bonds. The highest BCUT2D eigenvalue weighted by Crippen LogP contribution is 2.27. The smallest absolute Gasteiger partial charge is 0.301 e. The SMILES string of the molecule is Cc1c(SCc2csc(-c3ccccc3)n2)[nH]c(=O)n(Cc2ccccc2)c1=O. The molecule has 4 aromatic rings. The Morgan fingerprint density at radius 2 is 1.72 bits per heavy atom. The van der Waals surface area contributed by atoms with Gasteiger partial charge in [0.05, 0.1) is 17.3 Å². The van der Waals surface area contributed by atoms with Gasteiger partial charge < -0.3 is 4.98 Å². The third-order valence-electron chi connectivity index (χ3n) is 4.49. The molecular weight excluding hydrogens is 402 g/mol. The molecule has 0 bridgehead atoms. The summed E-state index contributed by atoms with van der Waals surface area (Å²) in [5.41, 5.74) is 2.81. The van der Waals surface area contributed by atoms with Gasteiger partial charge in [-0.05, 0) is 12.5 Å². The first-order chi connectivity index (χ1) is 14.1. The van der Waals surface area contributed by atoms with Crippen LogP contribution in [0.2, 0.25) is 0 Å². The molecule has 0 saturated carbocycles. The molecule has 7 heteroatoms. The Hall–Kier alpha value is -2.90. The van der Waals surface area contributed by atoms with E-state index in [-0.39, 0.29) is 12.1 Å². The molecule has 4 rings (SSSR count). The van der Waals surface area contributed by atoms with Crippen LogP contribution < -0.4 is 11.2 Å². The average molecular weight is 422 g/mol. The van der Waals surface area contributed by atoms with Gasteiger partial charge >= 0.3 is 5.69 Å². The molecule has 0 aliphatic rings. The summed E-state index contributed by atoms with van der Waals surface area (Å²) in [6.07, 6.45) is 0. The van der Waals surface area contributed by atoms with Gasteiger partial charge in [0.25, 0.3) is 5.56 Å². The number of thioether (sulfide) groups is 1. The molecule has 0 aliphatic carbocycles. The topological polar surface area (TPSA) is 67.8 Å². The highest BCUT2D eigenvalue weighted by molar-refractivity contribution is 7.98. The van der Waals surface area contributed by atoms with E-state index in [2.05, 4.69) is 9.97 Å². The number of nitrogens with zero attached hydrogens (tertiary/aromatic N) is 2. The summed E-state index contributed by atoms with van der Waals surface area (Å²) in [5, 5.41) is 3.57. The normalized spacial score (nSPS) is 10.9. The van der Waals surface area contributed by atoms with E-state index in [0.29, 0.717) is 16.3 Å². The minimum atomic E-state index is -0.393. The quantitative estimate of drug-likeness (QED) is 0.372. The van der Waals surface area contributed by atoms with Crippen LogP contribution in [0.5, 0.6) is 0 Å². The van der Waals surface area contributed by atoms with Crippen LogP contribution in [0.3, 0.4) is 0 Å². The standard InChI is InChI=1S/C22H19N3O2S2/c1-15-19(24-22(27)25(21(15)26)12-16-8-4-2-5-9-16)28-13-18-14-29-20(23-18)17-10-6-3-7-11-17/h2-11,14H,12-13H2,1H3,(H,24,27). The monoisotopic (exact) mass is 421 g/mol. The summed E-state index contributed by atoms with van der Waals surface area (Å²) in [6.45, 7) is 2.01. The summed E-state index contributed by atoms with van der Waals surface area (Å²) < 4.78 is 1.24. The van der Waals surface area contributed by atoms with E-state index in [1.807, 2.05) is 66.0 Å². The molecule has 5 nitrogen and oxygen atoms in total. The third-order valence-corrected chi connectivity index (χ3v) is 6.57. The first kappa shape index (κ1) is 19.4. The van der Waals surface area contributed by atoms with Crippen molar-refractivity contribution in [1.29, 1.82) is 0 Å². The van der Waals surface area contributed by atoms with E-state index < -0.39 is 5.69 Å². The van der Waals surface area contributed by atoms with Gasteiger partial charge in [-0.15, -0.1) is 23.1 Å². The summed E-state index contributed by atoms with van der Waals surface area (Å²) in [7, 11) is 0. The number of H-pyrrole nitrogens is 1. The predicted molar refractivity (Wildman–Crippen MR) is 119 cm³/mol. The fourth-order valence-corrected chi connectivity index (χ4v) is 4.77. The van der Waals surface area contributed by atoms with Gasteiger partial charge in [-0.25, -0.2) is 9.78 Å². The number of aromatic nitrogens is 3. The summed E-state index contributed by atoms with van der Waals surface area (Å²) in [4.78, 5) is 32.8. The second-order valence-corrected chi connectivity index (χ2v) is 8.40. The van der Waals surface area contributed by atoms with E-state index in [0.717, 1.165) is 21.8 Å². The van der Waals surface area contributed by atoms with Crippen LogP contribution in [-0.2, 0) is 12.3 Å². The van der Waals surface area contributed by atoms with Crippen LogP contribution >= 0.6 is 23.1 Å². The van der Waals surface area contributed by atoms with E-state index >= 15 is 0 Å². The number of benzene rings is 2. The predicted octanol–water partition coefficient (Wildman–Crippen LogP) is 4.31. The van der Waals surface area contributed by atoms with Gasteiger partial charge in [0, 0.05) is 22.3 Å². The molecule has 0 aliphatic heterocycles. The molecule has 0 atom stereocenters. The Morgan fingerprint density at radius 1 is 1.03 bits per heavy atom. The fourth-order valence-electron chi connectivity index (χ4n) is 2.94. The third kappa shape index (κ3) is 4.41. The van der Waals surface area contributed by atoms with Crippen LogP contribution in [0.1, 0.15) is 16.8 Å². The summed E-state index contributed by atoms with van der Waals surface area (Å²) in [6, 6.07) is 19.5. The molecule has 2 heterocycles. The lowest BCUT2D eigenvalue weighted by Crippen LogP contribution is -2.37. The lowest BCUT2D eigenvalue weighted by molar-refractivity contribution is 0.671. The number of rotatable bonds is 6. The molecule has 29 heavy (non-hydrogen) atoms. The molecule has 2 aromatic heterocycles. The van der Waals surface area contributed by atoms with Crippen LogP contribution in [0.25, 0.3) is 10.6 Å². The first-order valence-corrected chi connectivity index (χ1v) is 11.0. The maximum Gasteiger partial charge on any atom is 0.329 e. The zero-order valence-corrected chi connectivity index (χ0v) is 17.4. The van der Waals surface area contributed by atoms with Gasteiger partial charge in [-0.2, -0.15) is 0 Å².